The minimum absolute atomic E-state index is 0.0388. The number of nitrogens with one attached hydrogen (secondary N) is 1. The lowest BCUT2D eigenvalue weighted by Crippen LogP contribution is -2.40. The number of hydrogen-bond donors (Lipinski definition) is 3. The second-order valence-corrected chi connectivity index (χ2v) is 7.66. The number of carbonyl (C=O) groups is 2. The standard InChI is InChI=1S/C24H33N3O5/c1-18(24(29)31-2)26-14-6-9-23(28)27(30)16-21(25)15-19-10-12-22(13-11-19)32-17-20-7-4-3-5-8-20/h3-5,7-8,10-13,18,21,26,30H,6,9,14-17,25H2,1-2H3/t18-,21-/m0/s1. The molecule has 8 heteroatoms. The Morgan fingerprint density at radius 3 is 2.44 bits per heavy atom. The predicted octanol–water partition coefficient (Wildman–Crippen LogP) is 2.28. The summed E-state index contributed by atoms with van der Waals surface area (Å²) in [6.45, 7) is 2.68. The summed E-state index contributed by atoms with van der Waals surface area (Å²) in [5, 5.41) is 13.6. The topological polar surface area (TPSA) is 114 Å². The number of hydrogen-bond acceptors (Lipinski definition) is 7. The lowest BCUT2D eigenvalue weighted by Gasteiger charge is -2.20. The fraction of sp³-hybridized carbons (Fsp3) is 0.417. The number of amides is 1. The lowest BCUT2D eigenvalue weighted by atomic mass is 10.1. The second-order valence-electron chi connectivity index (χ2n) is 7.66. The van der Waals surface area contributed by atoms with E-state index >= 15 is 0 Å². The molecule has 2 atom stereocenters. The third-order valence-electron chi connectivity index (χ3n) is 4.94. The first kappa shape index (κ1) is 25.3. The van der Waals surface area contributed by atoms with Gasteiger partial charge in [0.1, 0.15) is 18.4 Å². The Labute approximate surface area is 189 Å². The van der Waals surface area contributed by atoms with Crippen LogP contribution in [0.5, 0.6) is 5.75 Å². The van der Waals surface area contributed by atoms with Crippen LogP contribution in [0.1, 0.15) is 30.9 Å². The van der Waals surface area contributed by atoms with Crippen LogP contribution in [0.2, 0.25) is 0 Å². The largest absolute Gasteiger partial charge is 0.489 e. The van der Waals surface area contributed by atoms with Crippen LogP contribution < -0.4 is 15.8 Å². The first-order valence-corrected chi connectivity index (χ1v) is 10.7. The third-order valence-corrected chi connectivity index (χ3v) is 4.94. The molecule has 0 aliphatic heterocycles. The number of methoxy groups -OCH3 is 1. The van der Waals surface area contributed by atoms with E-state index in [-0.39, 0.29) is 18.9 Å². The lowest BCUT2D eigenvalue weighted by molar-refractivity contribution is -0.166. The maximum atomic E-state index is 12.1. The molecule has 0 unspecified atom stereocenters. The summed E-state index contributed by atoms with van der Waals surface area (Å²) < 4.78 is 10.4. The van der Waals surface area contributed by atoms with Crippen LogP contribution in [0.25, 0.3) is 0 Å². The Balaban J connectivity index is 1.68. The number of ether oxygens (including phenoxy) is 2. The van der Waals surface area contributed by atoms with Crippen molar-refractivity contribution in [3.05, 3.63) is 65.7 Å². The molecule has 8 nitrogen and oxygen atoms in total. The average Bonchev–Trinajstić information content (AvgIpc) is 2.81. The smallest absolute Gasteiger partial charge is 0.322 e. The second kappa shape index (κ2) is 13.5. The number of rotatable bonds is 13. The predicted molar refractivity (Wildman–Crippen MR) is 121 cm³/mol. The monoisotopic (exact) mass is 443 g/mol. The van der Waals surface area contributed by atoms with Crippen molar-refractivity contribution in [1.82, 2.24) is 10.4 Å². The Bertz CT molecular complexity index is 829. The highest BCUT2D eigenvalue weighted by Gasteiger charge is 2.16. The summed E-state index contributed by atoms with van der Waals surface area (Å²) in [6, 6.07) is 16.7. The summed E-state index contributed by atoms with van der Waals surface area (Å²) in [6.07, 6.45) is 1.15. The van der Waals surface area contributed by atoms with E-state index in [1.165, 1.54) is 7.11 Å². The number of hydroxylamine groups is 2. The fourth-order valence-corrected chi connectivity index (χ4v) is 3.10. The van der Waals surface area contributed by atoms with Crippen molar-refractivity contribution in [2.24, 2.45) is 5.73 Å². The minimum atomic E-state index is -0.441. The van der Waals surface area contributed by atoms with E-state index in [2.05, 4.69) is 10.1 Å². The molecule has 0 radical (unpaired) electrons. The van der Waals surface area contributed by atoms with Gasteiger partial charge in [-0.05, 0) is 49.6 Å². The van der Waals surface area contributed by atoms with Gasteiger partial charge in [0, 0.05) is 12.5 Å². The van der Waals surface area contributed by atoms with Crippen LogP contribution in [0.4, 0.5) is 0 Å². The molecule has 2 rings (SSSR count). The van der Waals surface area contributed by atoms with Gasteiger partial charge in [-0.2, -0.15) is 0 Å². The van der Waals surface area contributed by atoms with Crippen LogP contribution >= 0.6 is 0 Å². The van der Waals surface area contributed by atoms with Crippen molar-refractivity contribution in [3.8, 4) is 5.75 Å². The van der Waals surface area contributed by atoms with Gasteiger partial charge in [-0.25, -0.2) is 5.06 Å². The van der Waals surface area contributed by atoms with Gasteiger partial charge in [-0.3, -0.25) is 14.8 Å². The van der Waals surface area contributed by atoms with Crippen molar-refractivity contribution in [2.45, 2.75) is 44.9 Å². The zero-order chi connectivity index (χ0) is 23.3. The minimum Gasteiger partial charge on any atom is -0.489 e. The highest BCUT2D eigenvalue weighted by molar-refractivity contribution is 5.75. The molecule has 0 aliphatic rings. The molecule has 0 fully saturated rings. The molecule has 0 saturated carbocycles. The Kier molecular flexibility index (Phi) is 10.7. The number of carbonyl (C=O) groups excluding carboxylic acids is 2. The van der Waals surface area contributed by atoms with Crippen molar-refractivity contribution >= 4 is 11.9 Å². The summed E-state index contributed by atoms with van der Waals surface area (Å²) >= 11 is 0. The molecule has 0 bridgehead atoms. The molecule has 32 heavy (non-hydrogen) atoms. The zero-order valence-corrected chi connectivity index (χ0v) is 18.7. The zero-order valence-electron chi connectivity index (χ0n) is 18.7. The normalized spacial score (nSPS) is 12.6. The molecule has 1 amide bonds. The van der Waals surface area contributed by atoms with E-state index in [4.69, 9.17) is 10.5 Å². The Morgan fingerprint density at radius 1 is 1.09 bits per heavy atom. The van der Waals surface area contributed by atoms with Crippen LogP contribution in [0.3, 0.4) is 0 Å². The molecule has 2 aromatic carbocycles. The van der Waals surface area contributed by atoms with Crippen LogP contribution in [-0.4, -0.2) is 54.4 Å². The van der Waals surface area contributed by atoms with Gasteiger partial charge in [0.25, 0.3) is 0 Å². The molecular formula is C24H33N3O5. The first-order chi connectivity index (χ1) is 15.4. The molecule has 0 saturated heterocycles. The number of esters is 1. The molecule has 0 heterocycles. The number of nitrogens with two attached hydrogens (primary N) is 1. The van der Waals surface area contributed by atoms with E-state index in [1.54, 1.807) is 6.92 Å². The average molecular weight is 444 g/mol. The van der Waals surface area contributed by atoms with Crippen LogP contribution in [0.15, 0.2) is 54.6 Å². The van der Waals surface area contributed by atoms with Gasteiger partial charge in [0.15, 0.2) is 0 Å². The maximum absolute atomic E-state index is 12.1. The highest BCUT2D eigenvalue weighted by Crippen LogP contribution is 2.15. The fourth-order valence-electron chi connectivity index (χ4n) is 3.10. The summed E-state index contributed by atoms with van der Waals surface area (Å²) in [5.74, 6) is -0.000213. The third kappa shape index (κ3) is 9.05. The van der Waals surface area contributed by atoms with Crippen molar-refractivity contribution in [1.29, 1.82) is 0 Å². The van der Waals surface area contributed by atoms with Gasteiger partial charge in [0.05, 0.1) is 13.7 Å². The summed E-state index contributed by atoms with van der Waals surface area (Å²) in [5.41, 5.74) is 8.20. The number of nitrogens with zero attached hydrogens (tertiary/aromatic N) is 1. The van der Waals surface area contributed by atoms with E-state index in [9.17, 15) is 14.8 Å². The summed E-state index contributed by atoms with van der Waals surface area (Å²) in [7, 11) is 1.32. The van der Waals surface area contributed by atoms with Crippen molar-refractivity contribution in [2.75, 3.05) is 20.2 Å². The van der Waals surface area contributed by atoms with Crippen LogP contribution in [0, 0.1) is 0 Å². The highest BCUT2D eigenvalue weighted by atomic mass is 16.5. The molecule has 2 aromatic rings. The molecular weight excluding hydrogens is 410 g/mol. The molecule has 4 N–H and O–H groups in total. The molecule has 0 aliphatic carbocycles. The van der Waals surface area contributed by atoms with E-state index < -0.39 is 18.0 Å². The van der Waals surface area contributed by atoms with Crippen LogP contribution in [-0.2, 0) is 27.4 Å². The molecule has 0 aromatic heterocycles. The summed E-state index contributed by atoms with van der Waals surface area (Å²) in [4.78, 5) is 23.4. The molecule has 174 valence electrons. The first-order valence-electron chi connectivity index (χ1n) is 10.7. The van der Waals surface area contributed by atoms with Gasteiger partial charge in [0.2, 0.25) is 5.91 Å². The molecule has 0 spiro atoms. The van der Waals surface area contributed by atoms with Gasteiger partial charge >= 0.3 is 5.97 Å². The maximum Gasteiger partial charge on any atom is 0.322 e. The van der Waals surface area contributed by atoms with Gasteiger partial charge in [-0.15, -0.1) is 0 Å². The SMILES string of the molecule is COC(=O)[C@H](C)NCCCC(=O)N(O)C[C@@H](N)Cc1ccc(OCc2ccccc2)cc1. The Morgan fingerprint density at radius 2 is 1.78 bits per heavy atom. The Hall–Kier alpha value is -2.94. The van der Waals surface area contributed by atoms with Gasteiger partial charge < -0.3 is 20.5 Å². The number of benzene rings is 2. The van der Waals surface area contributed by atoms with Crippen molar-refractivity contribution in [3.63, 3.8) is 0 Å². The quantitative estimate of drug-likeness (QED) is 0.188. The van der Waals surface area contributed by atoms with E-state index in [0.717, 1.165) is 16.9 Å². The van der Waals surface area contributed by atoms with E-state index in [0.29, 0.717) is 31.1 Å². The van der Waals surface area contributed by atoms with Gasteiger partial charge in [-0.1, -0.05) is 42.5 Å². The van der Waals surface area contributed by atoms with E-state index in [1.807, 2.05) is 54.6 Å². The van der Waals surface area contributed by atoms with Crippen molar-refractivity contribution < 1.29 is 24.3 Å².